The third-order valence-corrected chi connectivity index (χ3v) is 4.14. The minimum absolute atomic E-state index is 0.0610. The second kappa shape index (κ2) is 5.40. The lowest BCUT2D eigenvalue weighted by molar-refractivity contribution is 0.00516. The van der Waals surface area contributed by atoms with Gasteiger partial charge in [-0.15, -0.1) is 0 Å². The van der Waals surface area contributed by atoms with Crippen molar-refractivity contribution >= 4 is 21.8 Å². The summed E-state index contributed by atoms with van der Waals surface area (Å²) >= 11 is 3.44. The molecule has 1 atom stereocenters. The first-order valence-corrected chi connectivity index (χ1v) is 7.13. The fourth-order valence-electron chi connectivity index (χ4n) is 2.28. The Morgan fingerprint density at radius 1 is 1.56 bits per heavy atom. The number of aromatic nitrogens is 2. The van der Waals surface area contributed by atoms with E-state index in [0.717, 1.165) is 22.3 Å². The number of hydrogen-bond donors (Lipinski definition) is 0. The Hall–Kier alpha value is -0.880. The SMILES string of the molecule is Cc1nn(C)c(C)c1C(=O)N1CCOCC1CBr. The Bertz CT molecular complexity index is 458. The molecule has 1 unspecified atom stereocenters. The zero-order chi connectivity index (χ0) is 13.3. The van der Waals surface area contributed by atoms with Gasteiger partial charge in [0.25, 0.3) is 5.91 Å². The summed E-state index contributed by atoms with van der Waals surface area (Å²) in [6.07, 6.45) is 0. The minimum atomic E-state index is 0.0610. The van der Waals surface area contributed by atoms with Gasteiger partial charge in [0.05, 0.1) is 30.5 Å². The molecular weight excluding hydrogens is 298 g/mol. The Balaban J connectivity index is 2.29. The molecule has 0 aromatic carbocycles. The summed E-state index contributed by atoms with van der Waals surface area (Å²) in [6.45, 7) is 5.65. The average molecular weight is 316 g/mol. The van der Waals surface area contributed by atoms with Crippen LogP contribution in [0.15, 0.2) is 0 Å². The third-order valence-electron chi connectivity index (χ3n) is 3.39. The highest BCUT2D eigenvalue weighted by Gasteiger charge is 2.30. The van der Waals surface area contributed by atoms with E-state index >= 15 is 0 Å². The number of aryl methyl sites for hydroxylation is 2. The second-order valence-corrected chi connectivity index (χ2v) is 5.20. The van der Waals surface area contributed by atoms with Gasteiger partial charge in [0.2, 0.25) is 0 Å². The molecule has 2 rings (SSSR count). The quantitative estimate of drug-likeness (QED) is 0.772. The van der Waals surface area contributed by atoms with Gasteiger partial charge in [0.15, 0.2) is 0 Å². The average Bonchev–Trinajstić information content (AvgIpc) is 2.62. The minimum Gasteiger partial charge on any atom is -0.377 e. The number of halogens is 1. The number of hydrogen-bond acceptors (Lipinski definition) is 3. The number of alkyl halides is 1. The van der Waals surface area contributed by atoms with E-state index in [1.165, 1.54) is 0 Å². The van der Waals surface area contributed by atoms with Crippen LogP contribution in [-0.4, -0.2) is 51.7 Å². The van der Waals surface area contributed by atoms with Crippen molar-refractivity contribution in [1.29, 1.82) is 0 Å². The van der Waals surface area contributed by atoms with Crippen molar-refractivity contribution in [1.82, 2.24) is 14.7 Å². The van der Waals surface area contributed by atoms with Crippen LogP contribution >= 0.6 is 15.9 Å². The van der Waals surface area contributed by atoms with E-state index < -0.39 is 0 Å². The molecule has 1 aromatic heterocycles. The van der Waals surface area contributed by atoms with Crippen LogP contribution in [0, 0.1) is 13.8 Å². The van der Waals surface area contributed by atoms with Crippen molar-refractivity contribution in [3.8, 4) is 0 Å². The molecule has 5 nitrogen and oxygen atoms in total. The normalized spacial score (nSPS) is 20.2. The van der Waals surface area contributed by atoms with E-state index in [9.17, 15) is 4.79 Å². The molecule has 1 aliphatic heterocycles. The molecule has 0 aliphatic carbocycles. The molecule has 1 saturated heterocycles. The van der Waals surface area contributed by atoms with Gasteiger partial charge in [0.1, 0.15) is 0 Å². The lowest BCUT2D eigenvalue weighted by Gasteiger charge is -2.34. The van der Waals surface area contributed by atoms with Crippen LogP contribution < -0.4 is 0 Å². The molecule has 0 saturated carbocycles. The van der Waals surface area contributed by atoms with Crippen LogP contribution in [0.25, 0.3) is 0 Å². The summed E-state index contributed by atoms with van der Waals surface area (Å²) in [5.41, 5.74) is 2.43. The molecule has 1 aromatic rings. The van der Waals surface area contributed by atoms with Gasteiger partial charge in [-0.05, 0) is 13.8 Å². The zero-order valence-corrected chi connectivity index (χ0v) is 12.5. The van der Waals surface area contributed by atoms with Crippen molar-refractivity contribution in [3.63, 3.8) is 0 Å². The van der Waals surface area contributed by atoms with E-state index in [-0.39, 0.29) is 11.9 Å². The molecule has 1 fully saturated rings. The summed E-state index contributed by atoms with van der Waals surface area (Å²) in [4.78, 5) is 14.5. The summed E-state index contributed by atoms with van der Waals surface area (Å²) in [6, 6.07) is 0.102. The van der Waals surface area contributed by atoms with Crippen molar-refractivity contribution in [3.05, 3.63) is 17.0 Å². The standard InChI is InChI=1S/C12H18BrN3O2/c1-8-11(9(2)15(3)14-8)12(17)16-4-5-18-7-10(16)6-13/h10H,4-7H2,1-3H3. The Labute approximate surface area is 115 Å². The maximum atomic E-state index is 12.6. The van der Waals surface area contributed by atoms with E-state index in [4.69, 9.17) is 4.74 Å². The van der Waals surface area contributed by atoms with E-state index in [1.54, 1.807) is 4.68 Å². The van der Waals surface area contributed by atoms with Crippen LogP contribution in [0.3, 0.4) is 0 Å². The molecule has 2 heterocycles. The van der Waals surface area contributed by atoms with Gasteiger partial charge >= 0.3 is 0 Å². The van der Waals surface area contributed by atoms with Crippen LogP contribution in [-0.2, 0) is 11.8 Å². The van der Waals surface area contributed by atoms with Gasteiger partial charge < -0.3 is 9.64 Å². The van der Waals surface area contributed by atoms with Crippen LogP contribution in [0.1, 0.15) is 21.7 Å². The number of carbonyl (C=O) groups excluding carboxylic acids is 1. The van der Waals surface area contributed by atoms with E-state index in [0.29, 0.717) is 19.8 Å². The van der Waals surface area contributed by atoms with Gasteiger partial charge in [-0.2, -0.15) is 5.10 Å². The molecule has 100 valence electrons. The lowest BCUT2D eigenvalue weighted by atomic mass is 10.1. The topological polar surface area (TPSA) is 47.4 Å². The predicted octanol–water partition coefficient (Wildman–Crippen LogP) is 1.27. The van der Waals surface area contributed by atoms with Crippen molar-refractivity contribution < 1.29 is 9.53 Å². The molecule has 0 bridgehead atoms. The predicted molar refractivity (Wildman–Crippen MR) is 72.1 cm³/mol. The van der Waals surface area contributed by atoms with Gasteiger partial charge in [0, 0.05) is 24.6 Å². The molecule has 6 heteroatoms. The summed E-state index contributed by atoms with van der Waals surface area (Å²) in [5, 5.41) is 5.04. The summed E-state index contributed by atoms with van der Waals surface area (Å²) < 4.78 is 7.17. The number of ether oxygens (including phenoxy) is 1. The number of nitrogens with zero attached hydrogens (tertiary/aromatic N) is 3. The molecule has 1 amide bonds. The maximum Gasteiger partial charge on any atom is 0.258 e. The first-order chi connectivity index (χ1) is 8.56. The molecular formula is C12H18BrN3O2. The Kier molecular flexibility index (Phi) is 4.07. The first-order valence-electron chi connectivity index (χ1n) is 6.01. The fraction of sp³-hybridized carbons (Fsp3) is 0.667. The van der Waals surface area contributed by atoms with E-state index in [2.05, 4.69) is 21.0 Å². The number of amides is 1. The molecule has 0 radical (unpaired) electrons. The smallest absolute Gasteiger partial charge is 0.258 e. The highest BCUT2D eigenvalue weighted by atomic mass is 79.9. The molecule has 0 N–H and O–H groups in total. The van der Waals surface area contributed by atoms with Crippen LogP contribution in [0.5, 0.6) is 0 Å². The third kappa shape index (κ3) is 2.31. The largest absolute Gasteiger partial charge is 0.377 e. The van der Waals surface area contributed by atoms with E-state index in [1.807, 2.05) is 25.8 Å². The van der Waals surface area contributed by atoms with Crippen LogP contribution in [0.4, 0.5) is 0 Å². The fourth-order valence-corrected chi connectivity index (χ4v) is 2.81. The molecule has 18 heavy (non-hydrogen) atoms. The Morgan fingerprint density at radius 2 is 2.28 bits per heavy atom. The maximum absolute atomic E-state index is 12.6. The van der Waals surface area contributed by atoms with Gasteiger partial charge in [-0.25, -0.2) is 0 Å². The summed E-state index contributed by atoms with van der Waals surface area (Å²) in [7, 11) is 1.86. The first kappa shape index (κ1) is 13.5. The van der Waals surface area contributed by atoms with Crippen molar-refractivity contribution in [2.75, 3.05) is 25.1 Å². The lowest BCUT2D eigenvalue weighted by Crippen LogP contribution is -2.49. The number of carbonyl (C=O) groups is 1. The highest BCUT2D eigenvalue weighted by molar-refractivity contribution is 9.09. The monoisotopic (exact) mass is 315 g/mol. The highest BCUT2D eigenvalue weighted by Crippen LogP contribution is 2.19. The van der Waals surface area contributed by atoms with Gasteiger partial charge in [-0.3, -0.25) is 9.48 Å². The Morgan fingerprint density at radius 3 is 2.83 bits per heavy atom. The molecule has 1 aliphatic rings. The number of rotatable bonds is 2. The van der Waals surface area contributed by atoms with Crippen molar-refractivity contribution in [2.24, 2.45) is 7.05 Å². The number of morpholine rings is 1. The second-order valence-electron chi connectivity index (χ2n) is 4.55. The summed E-state index contributed by atoms with van der Waals surface area (Å²) in [5.74, 6) is 0.0610. The van der Waals surface area contributed by atoms with Crippen LogP contribution in [0.2, 0.25) is 0 Å². The van der Waals surface area contributed by atoms with Gasteiger partial charge in [-0.1, -0.05) is 15.9 Å². The zero-order valence-electron chi connectivity index (χ0n) is 10.9. The van der Waals surface area contributed by atoms with Crippen molar-refractivity contribution in [2.45, 2.75) is 19.9 Å². The molecule has 0 spiro atoms.